The molecular formula is C22H48N2O4. The first-order valence-electron chi connectivity index (χ1n) is 11.6. The Balaban J connectivity index is 4.51. The maximum absolute atomic E-state index is 10.9. The predicted molar refractivity (Wildman–Crippen MR) is 117 cm³/mol. The van der Waals surface area contributed by atoms with Gasteiger partial charge in [-0.15, -0.1) is 0 Å². The minimum absolute atomic E-state index is 0.0744. The second-order valence-electron chi connectivity index (χ2n) is 7.96. The molecule has 0 aromatic carbocycles. The summed E-state index contributed by atoms with van der Waals surface area (Å²) >= 11 is 0. The Bertz CT molecular complexity index is 321. The van der Waals surface area contributed by atoms with Gasteiger partial charge in [0, 0.05) is 37.9 Å². The first kappa shape index (κ1) is 27.8. The van der Waals surface area contributed by atoms with Crippen LogP contribution in [0, 0.1) is 0 Å². The highest BCUT2D eigenvalue weighted by Gasteiger charge is 2.23. The number of aliphatic hydroxyl groups excluding tert-OH is 4. The van der Waals surface area contributed by atoms with Gasteiger partial charge in [-0.25, -0.2) is 0 Å². The summed E-state index contributed by atoms with van der Waals surface area (Å²) in [5.74, 6) is 0. The van der Waals surface area contributed by atoms with Crippen LogP contribution in [0.1, 0.15) is 90.9 Å². The fraction of sp³-hybridized carbons (Fsp3) is 1.00. The van der Waals surface area contributed by atoms with E-state index < -0.39 is 6.10 Å². The van der Waals surface area contributed by atoms with Gasteiger partial charge in [0.2, 0.25) is 0 Å². The molecule has 0 amide bonds. The Morgan fingerprint density at radius 2 is 1.29 bits per heavy atom. The van der Waals surface area contributed by atoms with Gasteiger partial charge in [0.25, 0.3) is 0 Å². The molecule has 0 fully saturated rings. The number of aliphatic hydroxyl groups is 4. The van der Waals surface area contributed by atoms with E-state index >= 15 is 0 Å². The van der Waals surface area contributed by atoms with Crippen molar-refractivity contribution in [1.82, 2.24) is 10.6 Å². The molecule has 0 saturated heterocycles. The van der Waals surface area contributed by atoms with Crippen LogP contribution >= 0.6 is 0 Å². The molecule has 0 aromatic heterocycles. The van der Waals surface area contributed by atoms with Crippen molar-refractivity contribution in [3.8, 4) is 0 Å². The van der Waals surface area contributed by atoms with Gasteiger partial charge in [0.1, 0.15) is 0 Å². The largest absolute Gasteiger partial charge is 0.396 e. The van der Waals surface area contributed by atoms with Crippen LogP contribution in [0.5, 0.6) is 0 Å². The molecule has 0 aromatic rings. The molecule has 6 heteroatoms. The minimum atomic E-state index is -0.407. The summed E-state index contributed by atoms with van der Waals surface area (Å²) in [6.45, 7) is 5.84. The highest BCUT2D eigenvalue weighted by atomic mass is 16.3. The van der Waals surface area contributed by atoms with E-state index in [1.165, 1.54) is 0 Å². The summed E-state index contributed by atoms with van der Waals surface area (Å²) in [5.41, 5.74) is 0. The van der Waals surface area contributed by atoms with Crippen molar-refractivity contribution < 1.29 is 20.4 Å². The molecule has 0 saturated carbocycles. The molecule has 28 heavy (non-hydrogen) atoms. The zero-order valence-corrected chi connectivity index (χ0v) is 18.4. The molecule has 0 spiro atoms. The smallest absolute Gasteiger partial charge is 0.0708 e. The molecule has 0 aliphatic rings. The fourth-order valence-electron chi connectivity index (χ4n) is 3.66. The highest BCUT2D eigenvalue weighted by Crippen LogP contribution is 2.14. The summed E-state index contributed by atoms with van der Waals surface area (Å²) in [7, 11) is 0. The summed E-state index contributed by atoms with van der Waals surface area (Å²) in [4.78, 5) is 0. The van der Waals surface area contributed by atoms with Gasteiger partial charge in [0.05, 0.1) is 6.10 Å². The van der Waals surface area contributed by atoms with Gasteiger partial charge in [-0.05, 0) is 57.9 Å². The lowest BCUT2D eigenvalue weighted by Crippen LogP contribution is -2.46. The quantitative estimate of drug-likeness (QED) is 0.164. The number of hydrogen-bond donors (Lipinski definition) is 6. The monoisotopic (exact) mass is 404 g/mol. The fourth-order valence-corrected chi connectivity index (χ4v) is 3.66. The molecule has 6 nitrogen and oxygen atoms in total. The highest BCUT2D eigenvalue weighted by molar-refractivity contribution is 4.82. The third-order valence-corrected chi connectivity index (χ3v) is 5.59. The average molecular weight is 405 g/mol. The topological polar surface area (TPSA) is 105 Å². The minimum Gasteiger partial charge on any atom is -0.396 e. The summed E-state index contributed by atoms with van der Waals surface area (Å²) in [6.07, 6.45) is 10.8. The zero-order valence-electron chi connectivity index (χ0n) is 18.4. The van der Waals surface area contributed by atoms with Gasteiger partial charge in [0.15, 0.2) is 0 Å². The number of nitrogens with one attached hydrogen (secondary N) is 2. The summed E-state index contributed by atoms with van der Waals surface area (Å²) < 4.78 is 0. The zero-order chi connectivity index (χ0) is 21.0. The Morgan fingerprint density at radius 3 is 1.86 bits per heavy atom. The van der Waals surface area contributed by atoms with Gasteiger partial charge in [-0.2, -0.15) is 0 Å². The lowest BCUT2D eigenvalue weighted by atomic mass is 9.95. The van der Waals surface area contributed by atoms with Crippen molar-refractivity contribution in [2.45, 2.75) is 115 Å². The molecule has 170 valence electrons. The van der Waals surface area contributed by atoms with Crippen molar-refractivity contribution in [3.63, 3.8) is 0 Å². The van der Waals surface area contributed by atoms with Crippen LogP contribution in [-0.2, 0) is 0 Å². The van der Waals surface area contributed by atoms with Crippen molar-refractivity contribution in [3.05, 3.63) is 0 Å². The maximum Gasteiger partial charge on any atom is 0.0708 e. The maximum atomic E-state index is 10.9. The summed E-state index contributed by atoms with van der Waals surface area (Å²) in [6, 6.07) is 0.618. The van der Waals surface area contributed by atoms with E-state index in [9.17, 15) is 10.2 Å². The summed E-state index contributed by atoms with van der Waals surface area (Å²) in [5, 5.41) is 45.1. The Kier molecular flexibility index (Phi) is 19.9. The number of unbranched alkanes of at least 4 members (excludes halogenated alkanes) is 5. The Morgan fingerprint density at radius 1 is 0.679 bits per heavy atom. The van der Waals surface area contributed by atoms with Crippen LogP contribution in [0.25, 0.3) is 0 Å². The van der Waals surface area contributed by atoms with Crippen LogP contribution in [0.2, 0.25) is 0 Å². The van der Waals surface area contributed by atoms with Crippen molar-refractivity contribution >= 4 is 0 Å². The molecule has 0 bridgehead atoms. The molecule has 4 atom stereocenters. The molecule has 0 aliphatic carbocycles. The van der Waals surface area contributed by atoms with E-state index in [1.807, 2.05) is 0 Å². The second kappa shape index (κ2) is 20.0. The lowest BCUT2D eigenvalue weighted by molar-refractivity contribution is 0.0966. The molecule has 0 aliphatic heterocycles. The van der Waals surface area contributed by atoms with E-state index in [2.05, 4.69) is 24.5 Å². The molecule has 6 N–H and O–H groups in total. The number of hydrogen-bond acceptors (Lipinski definition) is 6. The van der Waals surface area contributed by atoms with Crippen LogP contribution in [0.3, 0.4) is 0 Å². The van der Waals surface area contributed by atoms with Crippen LogP contribution in [0.15, 0.2) is 0 Å². The van der Waals surface area contributed by atoms with E-state index in [0.29, 0.717) is 12.5 Å². The van der Waals surface area contributed by atoms with Crippen molar-refractivity contribution in [2.24, 2.45) is 0 Å². The first-order chi connectivity index (χ1) is 13.6. The molecule has 0 heterocycles. The third kappa shape index (κ3) is 14.7. The van der Waals surface area contributed by atoms with Crippen LogP contribution in [0.4, 0.5) is 0 Å². The Labute approximate surface area is 173 Å². The van der Waals surface area contributed by atoms with E-state index in [-0.39, 0.29) is 31.9 Å². The Hall–Kier alpha value is -0.240. The van der Waals surface area contributed by atoms with E-state index in [4.69, 9.17) is 10.2 Å². The molecule has 0 rings (SSSR count). The molecule has 4 unspecified atom stereocenters. The van der Waals surface area contributed by atoms with Crippen molar-refractivity contribution in [2.75, 3.05) is 26.4 Å². The van der Waals surface area contributed by atoms with Gasteiger partial charge in [-0.3, -0.25) is 0 Å². The van der Waals surface area contributed by atoms with Crippen LogP contribution < -0.4 is 10.6 Å². The van der Waals surface area contributed by atoms with E-state index in [1.54, 1.807) is 0 Å². The lowest BCUT2D eigenvalue weighted by Gasteiger charge is -2.30. The normalized spacial score (nSPS) is 16.1. The van der Waals surface area contributed by atoms with Crippen molar-refractivity contribution in [1.29, 1.82) is 0 Å². The van der Waals surface area contributed by atoms with Gasteiger partial charge < -0.3 is 31.1 Å². The average Bonchev–Trinajstić information content (AvgIpc) is 2.70. The SMILES string of the molecule is CCC(CCO)NC(CC)CC(O)C(CCCCCO)NCCCCCCO. The van der Waals surface area contributed by atoms with Crippen LogP contribution in [-0.4, -0.2) is 71.0 Å². The third-order valence-electron chi connectivity index (χ3n) is 5.59. The first-order valence-corrected chi connectivity index (χ1v) is 11.6. The standard InChI is InChI=1S/C22H48N2O4/c1-3-19(13-17-27)24-20(4-2)18-22(28)21(12-8-7-11-16-26)23-14-9-5-6-10-15-25/h19-28H,3-18H2,1-2H3. The van der Waals surface area contributed by atoms with Gasteiger partial charge in [-0.1, -0.05) is 39.5 Å². The molecule has 0 radical (unpaired) electrons. The predicted octanol–water partition coefficient (Wildman–Crippen LogP) is 2.33. The molecular weight excluding hydrogens is 356 g/mol. The van der Waals surface area contributed by atoms with E-state index in [0.717, 1.165) is 77.2 Å². The second-order valence-corrected chi connectivity index (χ2v) is 7.96. The number of rotatable bonds is 21. The van der Waals surface area contributed by atoms with Gasteiger partial charge >= 0.3 is 0 Å².